The lowest BCUT2D eigenvalue weighted by atomic mass is 10.1. The molecule has 0 saturated heterocycles. The highest BCUT2D eigenvalue weighted by atomic mass is 16.5. The number of anilines is 1. The third-order valence-electron chi connectivity index (χ3n) is 3.11. The van der Waals surface area contributed by atoms with Gasteiger partial charge >= 0.3 is 0 Å². The Labute approximate surface area is 119 Å². The molecule has 2 rings (SSSR count). The van der Waals surface area contributed by atoms with Crippen molar-refractivity contribution in [2.45, 2.75) is 19.9 Å². The van der Waals surface area contributed by atoms with Gasteiger partial charge in [0.2, 0.25) is 0 Å². The summed E-state index contributed by atoms with van der Waals surface area (Å²) in [6.45, 7) is 4.00. The van der Waals surface area contributed by atoms with Gasteiger partial charge in [0.15, 0.2) is 0 Å². The number of rotatable bonds is 4. The molecule has 0 fully saturated rings. The molecule has 0 atom stereocenters. The first kappa shape index (κ1) is 14.1. The molecule has 0 spiro atoms. The van der Waals surface area contributed by atoms with Crippen LogP contribution in [0.25, 0.3) is 0 Å². The van der Waals surface area contributed by atoms with E-state index in [1.807, 2.05) is 56.3 Å². The lowest BCUT2D eigenvalue weighted by molar-refractivity contribution is 0.0977. The minimum Gasteiger partial charge on any atom is -0.496 e. The van der Waals surface area contributed by atoms with Gasteiger partial charge in [-0.1, -0.05) is 30.3 Å². The van der Waals surface area contributed by atoms with Gasteiger partial charge in [0.1, 0.15) is 5.75 Å². The molecule has 20 heavy (non-hydrogen) atoms. The summed E-state index contributed by atoms with van der Waals surface area (Å²) < 4.78 is 5.28. The maximum Gasteiger partial charge on any atom is 0.262 e. The molecule has 0 saturated carbocycles. The summed E-state index contributed by atoms with van der Waals surface area (Å²) in [5.41, 5.74) is 1.46. The molecule has 0 radical (unpaired) electrons. The Hall–Kier alpha value is -2.29. The third-order valence-corrected chi connectivity index (χ3v) is 3.11. The third kappa shape index (κ3) is 2.82. The molecule has 0 heterocycles. The van der Waals surface area contributed by atoms with Crippen LogP contribution in [-0.2, 0) is 0 Å². The number of hydrogen-bond donors (Lipinski definition) is 0. The van der Waals surface area contributed by atoms with Gasteiger partial charge in [-0.15, -0.1) is 0 Å². The van der Waals surface area contributed by atoms with Gasteiger partial charge in [-0.25, -0.2) is 0 Å². The summed E-state index contributed by atoms with van der Waals surface area (Å²) in [5, 5.41) is 0. The Morgan fingerprint density at radius 1 is 1.00 bits per heavy atom. The van der Waals surface area contributed by atoms with Crippen molar-refractivity contribution in [2.24, 2.45) is 0 Å². The molecule has 104 valence electrons. The molecule has 0 aromatic heterocycles. The number of carbonyl (C=O) groups is 1. The molecule has 3 nitrogen and oxygen atoms in total. The Morgan fingerprint density at radius 3 is 2.20 bits per heavy atom. The number of amides is 1. The highest BCUT2D eigenvalue weighted by Crippen LogP contribution is 2.24. The number of benzene rings is 2. The number of methoxy groups -OCH3 is 1. The lowest BCUT2D eigenvalue weighted by Crippen LogP contribution is -2.37. The second kappa shape index (κ2) is 6.24. The quantitative estimate of drug-likeness (QED) is 0.846. The fraction of sp³-hybridized carbons (Fsp3) is 0.235. The summed E-state index contributed by atoms with van der Waals surface area (Å²) in [4.78, 5) is 14.6. The average molecular weight is 269 g/mol. The highest BCUT2D eigenvalue weighted by molar-refractivity contribution is 6.08. The summed E-state index contributed by atoms with van der Waals surface area (Å²) in [6.07, 6.45) is 0. The highest BCUT2D eigenvalue weighted by Gasteiger charge is 2.22. The second-order valence-corrected chi connectivity index (χ2v) is 4.80. The molecule has 0 aliphatic rings. The van der Waals surface area contributed by atoms with Crippen molar-refractivity contribution in [1.82, 2.24) is 0 Å². The zero-order valence-electron chi connectivity index (χ0n) is 12.0. The summed E-state index contributed by atoms with van der Waals surface area (Å²) >= 11 is 0. The monoisotopic (exact) mass is 269 g/mol. The molecule has 0 unspecified atom stereocenters. The normalized spacial score (nSPS) is 10.4. The van der Waals surface area contributed by atoms with E-state index >= 15 is 0 Å². The predicted octanol–water partition coefficient (Wildman–Crippen LogP) is 3.75. The van der Waals surface area contributed by atoms with Gasteiger partial charge in [0.05, 0.1) is 12.7 Å². The van der Waals surface area contributed by atoms with Gasteiger partial charge < -0.3 is 9.64 Å². The fourth-order valence-corrected chi connectivity index (χ4v) is 2.19. The summed E-state index contributed by atoms with van der Waals surface area (Å²) in [7, 11) is 1.58. The lowest BCUT2D eigenvalue weighted by Gasteiger charge is -2.27. The summed E-state index contributed by atoms with van der Waals surface area (Å²) in [6, 6.07) is 17.0. The van der Waals surface area contributed by atoms with Crippen LogP contribution >= 0.6 is 0 Å². The van der Waals surface area contributed by atoms with E-state index in [1.54, 1.807) is 24.1 Å². The Morgan fingerprint density at radius 2 is 1.60 bits per heavy atom. The molecule has 0 bridgehead atoms. The second-order valence-electron chi connectivity index (χ2n) is 4.80. The van der Waals surface area contributed by atoms with Crippen molar-refractivity contribution in [3.05, 3.63) is 60.2 Å². The fourth-order valence-electron chi connectivity index (χ4n) is 2.19. The number of para-hydroxylation sites is 2. The van der Waals surface area contributed by atoms with Gasteiger partial charge in [0, 0.05) is 11.7 Å². The van der Waals surface area contributed by atoms with Crippen LogP contribution in [0.1, 0.15) is 24.2 Å². The molecule has 0 N–H and O–H groups in total. The van der Waals surface area contributed by atoms with E-state index in [0.717, 1.165) is 5.69 Å². The number of nitrogens with zero attached hydrogens (tertiary/aromatic N) is 1. The Balaban J connectivity index is 2.43. The van der Waals surface area contributed by atoms with Gasteiger partial charge in [-0.2, -0.15) is 0 Å². The number of ether oxygens (including phenoxy) is 1. The van der Waals surface area contributed by atoms with Crippen molar-refractivity contribution in [1.29, 1.82) is 0 Å². The van der Waals surface area contributed by atoms with E-state index < -0.39 is 0 Å². The number of carbonyl (C=O) groups excluding carboxylic acids is 1. The van der Waals surface area contributed by atoms with Crippen molar-refractivity contribution in [3.8, 4) is 5.75 Å². The van der Waals surface area contributed by atoms with Crippen LogP contribution in [0.2, 0.25) is 0 Å². The molecule has 3 heteroatoms. The minimum absolute atomic E-state index is 0.0522. The molecule has 2 aromatic carbocycles. The van der Waals surface area contributed by atoms with Crippen molar-refractivity contribution >= 4 is 11.6 Å². The predicted molar refractivity (Wildman–Crippen MR) is 81.4 cm³/mol. The zero-order valence-corrected chi connectivity index (χ0v) is 12.0. The summed E-state index contributed by atoms with van der Waals surface area (Å²) in [5.74, 6) is 0.544. The van der Waals surface area contributed by atoms with E-state index in [4.69, 9.17) is 4.74 Å². The van der Waals surface area contributed by atoms with Crippen LogP contribution in [0.4, 0.5) is 5.69 Å². The van der Waals surface area contributed by atoms with Crippen molar-refractivity contribution < 1.29 is 9.53 Å². The standard InChI is InChI=1S/C17H19NO2/c1-13(2)18(14-9-5-4-6-10-14)17(19)15-11-7-8-12-16(15)20-3/h4-13H,1-3H3. The van der Waals surface area contributed by atoms with E-state index in [0.29, 0.717) is 11.3 Å². The topological polar surface area (TPSA) is 29.5 Å². The van der Waals surface area contributed by atoms with Crippen LogP contribution < -0.4 is 9.64 Å². The van der Waals surface area contributed by atoms with Crippen LogP contribution in [0, 0.1) is 0 Å². The molecular weight excluding hydrogens is 250 g/mol. The number of hydrogen-bond acceptors (Lipinski definition) is 2. The van der Waals surface area contributed by atoms with Gasteiger partial charge in [0.25, 0.3) is 5.91 Å². The van der Waals surface area contributed by atoms with Crippen LogP contribution in [0.15, 0.2) is 54.6 Å². The van der Waals surface area contributed by atoms with Crippen LogP contribution in [-0.4, -0.2) is 19.1 Å². The Kier molecular flexibility index (Phi) is 4.41. The smallest absolute Gasteiger partial charge is 0.262 e. The average Bonchev–Trinajstić information content (AvgIpc) is 2.48. The van der Waals surface area contributed by atoms with E-state index in [2.05, 4.69) is 0 Å². The molecule has 0 aliphatic carbocycles. The largest absolute Gasteiger partial charge is 0.496 e. The minimum atomic E-state index is -0.0522. The van der Waals surface area contributed by atoms with Crippen molar-refractivity contribution in [2.75, 3.05) is 12.0 Å². The van der Waals surface area contributed by atoms with E-state index in [1.165, 1.54) is 0 Å². The van der Waals surface area contributed by atoms with Gasteiger partial charge in [-0.05, 0) is 38.1 Å². The zero-order chi connectivity index (χ0) is 14.5. The maximum atomic E-state index is 12.8. The molecular formula is C17H19NO2. The molecule has 0 aliphatic heterocycles. The van der Waals surface area contributed by atoms with E-state index in [-0.39, 0.29) is 11.9 Å². The first-order chi connectivity index (χ1) is 9.65. The first-order valence-electron chi connectivity index (χ1n) is 6.66. The molecule has 2 aromatic rings. The van der Waals surface area contributed by atoms with E-state index in [9.17, 15) is 4.79 Å². The van der Waals surface area contributed by atoms with Crippen molar-refractivity contribution in [3.63, 3.8) is 0 Å². The van der Waals surface area contributed by atoms with Crippen LogP contribution in [0.3, 0.4) is 0 Å². The molecule has 1 amide bonds. The van der Waals surface area contributed by atoms with Crippen LogP contribution in [0.5, 0.6) is 5.75 Å². The SMILES string of the molecule is COc1ccccc1C(=O)N(c1ccccc1)C(C)C. The Bertz CT molecular complexity index is 579. The van der Waals surface area contributed by atoms with Gasteiger partial charge in [-0.3, -0.25) is 4.79 Å². The maximum absolute atomic E-state index is 12.8. The first-order valence-corrected chi connectivity index (χ1v) is 6.66.